The SMILES string of the molecule is COc1cc(C)c(C)cc1CNCCCC#N. The molecule has 1 N–H and O–H groups in total. The fourth-order valence-corrected chi connectivity index (χ4v) is 1.69. The number of aryl methyl sites for hydroxylation is 2. The molecule has 17 heavy (non-hydrogen) atoms. The smallest absolute Gasteiger partial charge is 0.123 e. The molecular weight excluding hydrogens is 212 g/mol. The lowest BCUT2D eigenvalue weighted by atomic mass is 10.0. The van der Waals surface area contributed by atoms with Crippen molar-refractivity contribution in [1.82, 2.24) is 5.32 Å². The van der Waals surface area contributed by atoms with Gasteiger partial charge in [-0.3, -0.25) is 0 Å². The molecule has 0 bridgehead atoms. The zero-order valence-electron chi connectivity index (χ0n) is 10.8. The van der Waals surface area contributed by atoms with E-state index in [0.717, 1.165) is 25.3 Å². The quantitative estimate of drug-likeness (QED) is 0.767. The maximum Gasteiger partial charge on any atom is 0.123 e. The highest BCUT2D eigenvalue weighted by Crippen LogP contribution is 2.22. The van der Waals surface area contributed by atoms with Crippen molar-refractivity contribution in [2.45, 2.75) is 33.2 Å². The van der Waals surface area contributed by atoms with E-state index in [9.17, 15) is 0 Å². The van der Waals surface area contributed by atoms with Crippen LogP contribution in [0.1, 0.15) is 29.5 Å². The molecule has 1 aromatic carbocycles. The minimum atomic E-state index is 0.608. The van der Waals surface area contributed by atoms with Crippen LogP contribution in [0.3, 0.4) is 0 Å². The molecule has 3 heteroatoms. The lowest BCUT2D eigenvalue weighted by Gasteiger charge is -2.12. The Bertz CT molecular complexity index is 407. The van der Waals surface area contributed by atoms with Crippen LogP contribution in [-0.2, 0) is 6.54 Å². The van der Waals surface area contributed by atoms with Gasteiger partial charge in [0.25, 0.3) is 0 Å². The summed E-state index contributed by atoms with van der Waals surface area (Å²) in [6, 6.07) is 6.37. The Balaban J connectivity index is 2.58. The van der Waals surface area contributed by atoms with Gasteiger partial charge in [0.15, 0.2) is 0 Å². The van der Waals surface area contributed by atoms with Gasteiger partial charge in [-0.25, -0.2) is 0 Å². The standard InChI is InChI=1S/C14H20N2O/c1-11-8-13(10-16-7-5-4-6-15)14(17-3)9-12(11)2/h8-9,16H,4-5,7,10H2,1-3H3. The van der Waals surface area contributed by atoms with Gasteiger partial charge in [-0.1, -0.05) is 6.07 Å². The van der Waals surface area contributed by atoms with Gasteiger partial charge in [0.1, 0.15) is 5.75 Å². The number of methoxy groups -OCH3 is 1. The lowest BCUT2D eigenvalue weighted by Crippen LogP contribution is -2.15. The van der Waals surface area contributed by atoms with Crippen LogP contribution < -0.4 is 10.1 Å². The van der Waals surface area contributed by atoms with Crippen molar-refractivity contribution in [3.05, 3.63) is 28.8 Å². The monoisotopic (exact) mass is 232 g/mol. The summed E-state index contributed by atoms with van der Waals surface area (Å²) in [6.07, 6.45) is 1.50. The Morgan fingerprint density at radius 1 is 1.29 bits per heavy atom. The zero-order chi connectivity index (χ0) is 12.7. The Morgan fingerprint density at radius 3 is 2.65 bits per heavy atom. The van der Waals surface area contributed by atoms with Crippen LogP contribution in [0.15, 0.2) is 12.1 Å². The third-order valence-corrected chi connectivity index (χ3v) is 2.85. The molecular formula is C14H20N2O. The second-order valence-electron chi connectivity index (χ2n) is 4.19. The summed E-state index contributed by atoms with van der Waals surface area (Å²) in [5.74, 6) is 0.931. The van der Waals surface area contributed by atoms with Crippen molar-refractivity contribution in [1.29, 1.82) is 5.26 Å². The van der Waals surface area contributed by atoms with E-state index in [1.807, 2.05) is 0 Å². The highest BCUT2D eigenvalue weighted by molar-refractivity contribution is 5.41. The molecule has 0 saturated heterocycles. The first-order chi connectivity index (χ1) is 8.19. The molecule has 0 amide bonds. The van der Waals surface area contributed by atoms with Crippen LogP contribution in [0.25, 0.3) is 0 Å². The van der Waals surface area contributed by atoms with E-state index < -0.39 is 0 Å². The molecule has 92 valence electrons. The Kier molecular flexibility index (Phi) is 5.51. The number of unbranched alkanes of at least 4 members (excludes halogenated alkanes) is 1. The summed E-state index contributed by atoms with van der Waals surface area (Å²) >= 11 is 0. The number of benzene rings is 1. The fraction of sp³-hybridized carbons (Fsp3) is 0.500. The minimum absolute atomic E-state index is 0.608. The molecule has 0 radical (unpaired) electrons. The van der Waals surface area contributed by atoms with Crippen molar-refractivity contribution in [3.8, 4) is 11.8 Å². The average molecular weight is 232 g/mol. The first-order valence-electron chi connectivity index (χ1n) is 5.90. The molecule has 0 unspecified atom stereocenters. The number of rotatable bonds is 6. The topological polar surface area (TPSA) is 45.0 Å². The molecule has 0 saturated carbocycles. The normalized spacial score (nSPS) is 10.0. The molecule has 0 aromatic heterocycles. The second kappa shape index (κ2) is 6.93. The molecule has 1 aromatic rings. The van der Waals surface area contributed by atoms with Crippen molar-refractivity contribution in [2.75, 3.05) is 13.7 Å². The predicted octanol–water partition coefficient (Wildman–Crippen LogP) is 2.71. The van der Waals surface area contributed by atoms with E-state index in [1.165, 1.54) is 16.7 Å². The summed E-state index contributed by atoms with van der Waals surface area (Å²) < 4.78 is 5.37. The molecule has 3 nitrogen and oxygen atoms in total. The van der Waals surface area contributed by atoms with E-state index in [2.05, 4.69) is 37.4 Å². The molecule has 0 heterocycles. The third-order valence-electron chi connectivity index (χ3n) is 2.85. The summed E-state index contributed by atoms with van der Waals surface area (Å²) in [7, 11) is 1.70. The number of hydrogen-bond acceptors (Lipinski definition) is 3. The molecule has 0 atom stereocenters. The van der Waals surface area contributed by atoms with Gasteiger partial charge in [-0.15, -0.1) is 0 Å². The largest absolute Gasteiger partial charge is 0.496 e. The van der Waals surface area contributed by atoms with Gasteiger partial charge in [0.2, 0.25) is 0 Å². The summed E-state index contributed by atoms with van der Waals surface area (Å²) in [5, 5.41) is 11.8. The second-order valence-corrected chi connectivity index (χ2v) is 4.19. The van der Waals surface area contributed by atoms with E-state index in [-0.39, 0.29) is 0 Å². The minimum Gasteiger partial charge on any atom is -0.496 e. The van der Waals surface area contributed by atoms with Gasteiger partial charge in [0.05, 0.1) is 13.2 Å². The van der Waals surface area contributed by atoms with E-state index in [0.29, 0.717) is 6.42 Å². The number of nitriles is 1. The van der Waals surface area contributed by atoms with Crippen LogP contribution in [0.5, 0.6) is 5.75 Å². The first-order valence-corrected chi connectivity index (χ1v) is 5.90. The van der Waals surface area contributed by atoms with Gasteiger partial charge < -0.3 is 10.1 Å². The maximum atomic E-state index is 8.43. The lowest BCUT2D eigenvalue weighted by molar-refractivity contribution is 0.407. The number of hydrogen-bond donors (Lipinski definition) is 1. The highest BCUT2D eigenvalue weighted by atomic mass is 16.5. The number of ether oxygens (including phenoxy) is 1. The highest BCUT2D eigenvalue weighted by Gasteiger charge is 2.05. The van der Waals surface area contributed by atoms with Crippen molar-refractivity contribution in [2.24, 2.45) is 0 Å². The number of nitrogens with zero attached hydrogens (tertiary/aromatic N) is 1. The van der Waals surface area contributed by atoms with Crippen LogP contribution in [0, 0.1) is 25.2 Å². The average Bonchev–Trinajstić information content (AvgIpc) is 2.33. The van der Waals surface area contributed by atoms with Crippen molar-refractivity contribution >= 4 is 0 Å². The Labute approximate surface area is 103 Å². The van der Waals surface area contributed by atoms with Crippen LogP contribution in [0.2, 0.25) is 0 Å². The zero-order valence-corrected chi connectivity index (χ0v) is 10.8. The van der Waals surface area contributed by atoms with Crippen molar-refractivity contribution < 1.29 is 4.74 Å². The summed E-state index contributed by atoms with van der Waals surface area (Å²) in [5.41, 5.74) is 3.70. The van der Waals surface area contributed by atoms with E-state index >= 15 is 0 Å². The van der Waals surface area contributed by atoms with Gasteiger partial charge in [-0.2, -0.15) is 5.26 Å². The van der Waals surface area contributed by atoms with Gasteiger partial charge >= 0.3 is 0 Å². The first kappa shape index (κ1) is 13.5. The van der Waals surface area contributed by atoms with E-state index in [1.54, 1.807) is 7.11 Å². The summed E-state index contributed by atoms with van der Waals surface area (Å²) in [4.78, 5) is 0. The predicted molar refractivity (Wildman–Crippen MR) is 69.0 cm³/mol. The third kappa shape index (κ3) is 4.08. The van der Waals surface area contributed by atoms with Crippen LogP contribution in [-0.4, -0.2) is 13.7 Å². The van der Waals surface area contributed by atoms with Gasteiger partial charge in [0, 0.05) is 18.5 Å². The molecule has 0 aliphatic heterocycles. The summed E-state index contributed by atoms with van der Waals surface area (Å²) in [6.45, 7) is 5.84. The van der Waals surface area contributed by atoms with Crippen molar-refractivity contribution in [3.63, 3.8) is 0 Å². The van der Waals surface area contributed by atoms with Gasteiger partial charge in [-0.05, 0) is 44.0 Å². The Hall–Kier alpha value is -1.53. The molecule has 0 spiro atoms. The molecule has 0 aliphatic rings. The van der Waals surface area contributed by atoms with Crippen LogP contribution in [0.4, 0.5) is 0 Å². The maximum absolute atomic E-state index is 8.43. The molecule has 0 aliphatic carbocycles. The number of nitrogens with one attached hydrogen (secondary N) is 1. The molecule has 0 fully saturated rings. The Morgan fingerprint density at radius 2 is 2.00 bits per heavy atom. The molecule has 1 rings (SSSR count). The fourth-order valence-electron chi connectivity index (χ4n) is 1.69. The van der Waals surface area contributed by atoms with Crippen LogP contribution >= 0.6 is 0 Å². The van der Waals surface area contributed by atoms with E-state index in [4.69, 9.17) is 10.00 Å².